The van der Waals surface area contributed by atoms with Gasteiger partial charge in [0.2, 0.25) is 0 Å². The molecule has 0 aliphatic heterocycles. The van der Waals surface area contributed by atoms with Crippen LogP contribution in [0.25, 0.3) is 10.2 Å². The van der Waals surface area contributed by atoms with E-state index in [1.807, 2.05) is 45.0 Å². The maximum absolute atomic E-state index is 12.2. The number of aryl methyl sites for hydroxylation is 3. The summed E-state index contributed by atoms with van der Waals surface area (Å²) in [6, 6.07) is 8.02. The van der Waals surface area contributed by atoms with E-state index in [1.165, 1.54) is 11.3 Å². The summed E-state index contributed by atoms with van der Waals surface area (Å²) in [5.41, 5.74) is 2.96. The van der Waals surface area contributed by atoms with E-state index in [0.29, 0.717) is 17.3 Å². The molecule has 124 valence electrons. The average Bonchev–Trinajstić information content (AvgIpc) is 2.86. The second kappa shape index (κ2) is 6.57. The molecule has 0 saturated carbocycles. The topological polar surface area (TPSA) is 64.1 Å². The number of carbonyl (C=O) groups is 1. The number of hydrogen-bond acceptors (Lipinski definition) is 6. The van der Waals surface area contributed by atoms with Crippen molar-refractivity contribution in [2.75, 3.05) is 11.9 Å². The Hall–Kier alpha value is -2.47. The summed E-state index contributed by atoms with van der Waals surface area (Å²) in [7, 11) is 0. The van der Waals surface area contributed by atoms with E-state index < -0.39 is 0 Å². The third-order valence-corrected chi connectivity index (χ3v) is 4.93. The maximum atomic E-state index is 12.2. The monoisotopic (exact) mass is 341 g/mol. The van der Waals surface area contributed by atoms with E-state index in [0.717, 1.165) is 32.8 Å². The molecule has 3 aromatic rings. The van der Waals surface area contributed by atoms with Gasteiger partial charge in [0.05, 0.1) is 12.0 Å². The molecule has 2 heterocycles. The van der Waals surface area contributed by atoms with Gasteiger partial charge in [-0.05, 0) is 44.9 Å². The first-order valence-electron chi connectivity index (χ1n) is 7.78. The normalized spacial score (nSPS) is 10.8. The van der Waals surface area contributed by atoms with Crippen LogP contribution in [-0.2, 0) is 4.74 Å². The standard InChI is InChI=1S/C18H19N3O2S/c1-5-23-18(22)15-11(3)14-16(19-12(4)20-17(14)24-15)21-13-9-7-6-8-10(13)2/h6-9H,5H2,1-4H3,(H,19,20,21). The van der Waals surface area contributed by atoms with Crippen LogP contribution in [0.1, 0.15) is 33.5 Å². The number of nitrogens with zero attached hydrogens (tertiary/aromatic N) is 2. The van der Waals surface area contributed by atoms with Gasteiger partial charge in [0.1, 0.15) is 21.3 Å². The summed E-state index contributed by atoms with van der Waals surface area (Å²) in [5, 5.41) is 4.26. The minimum atomic E-state index is -0.308. The molecule has 0 aliphatic rings. The molecule has 0 aliphatic carbocycles. The Morgan fingerprint density at radius 3 is 2.67 bits per heavy atom. The number of ether oxygens (including phenoxy) is 1. The lowest BCUT2D eigenvalue weighted by Gasteiger charge is -2.10. The number of carbonyl (C=O) groups excluding carboxylic acids is 1. The van der Waals surface area contributed by atoms with Crippen molar-refractivity contribution in [3.63, 3.8) is 0 Å². The van der Waals surface area contributed by atoms with Crippen molar-refractivity contribution in [2.45, 2.75) is 27.7 Å². The average molecular weight is 341 g/mol. The molecule has 0 fully saturated rings. The third-order valence-electron chi connectivity index (χ3n) is 3.76. The van der Waals surface area contributed by atoms with Crippen LogP contribution in [0.15, 0.2) is 24.3 Å². The molecule has 0 bridgehead atoms. The summed E-state index contributed by atoms with van der Waals surface area (Å²) >= 11 is 1.35. The Balaban J connectivity index is 2.14. The highest BCUT2D eigenvalue weighted by Crippen LogP contribution is 2.35. The number of nitrogens with one attached hydrogen (secondary N) is 1. The zero-order chi connectivity index (χ0) is 17.3. The lowest BCUT2D eigenvalue weighted by molar-refractivity contribution is 0.0531. The van der Waals surface area contributed by atoms with Crippen molar-refractivity contribution in [3.05, 3.63) is 46.1 Å². The maximum Gasteiger partial charge on any atom is 0.348 e. The van der Waals surface area contributed by atoms with Crippen molar-refractivity contribution >= 4 is 39.0 Å². The molecule has 1 N–H and O–H groups in total. The molecule has 24 heavy (non-hydrogen) atoms. The Labute approximate surface area is 144 Å². The Kier molecular flexibility index (Phi) is 4.49. The largest absolute Gasteiger partial charge is 0.462 e. The van der Waals surface area contributed by atoms with Crippen molar-refractivity contribution < 1.29 is 9.53 Å². The van der Waals surface area contributed by atoms with Crippen LogP contribution in [0.3, 0.4) is 0 Å². The minimum Gasteiger partial charge on any atom is -0.462 e. The molecule has 0 radical (unpaired) electrons. The number of hydrogen-bond donors (Lipinski definition) is 1. The molecule has 2 aromatic heterocycles. The van der Waals surface area contributed by atoms with Gasteiger partial charge < -0.3 is 10.1 Å². The summed E-state index contributed by atoms with van der Waals surface area (Å²) in [5.74, 6) is 1.07. The fourth-order valence-electron chi connectivity index (χ4n) is 2.57. The van der Waals surface area contributed by atoms with Gasteiger partial charge >= 0.3 is 5.97 Å². The number of benzene rings is 1. The SMILES string of the molecule is CCOC(=O)c1sc2nc(C)nc(Nc3ccccc3C)c2c1C. The van der Waals surface area contributed by atoms with Crippen LogP contribution in [0.4, 0.5) is 11.5 Å². The highest BCUT2D eigenvalue weighted by molar-refractivity contribution is 7.20. The van der Waals surface area contributed by atoms with Gasteiger partial charge in [-0.15, -0.1) is 11.3 Å². The van der Waals surface area contributed by atoms with Gasteiger partial charge in [-0.3, -0.25) is 0 Å². The molecule has 3 rings (SSSR count). The van der Waals surface area contributed by atoms with Gasteiger partial charge in [-0.25, -0.2) is 14.8 Å². The molecule has 0 unspecified atom stereocenters. The summed E-state index contributed by atoms with van der Waals surface area (Å²) in [6.07, 6.45) is 0. The van der Waals surface area contributed by atoms with E-state index in [2.05, 4.69) is 15.3 Å². The number of esters is 1. The van der Waals surface area contributed by atoms with Crippen LogP contribution < -0.4 is 5.32 Å². The van der Waals surface area contributed by atoms with E-state index >= 15 is 0 Å². The van der Waals surface area contributed by atoms with Crippen molar-refractivity contribution in [1.29, 1.82) is 0 Å². The van der Waals surface area contributed by atoms with Crippen LogP contribution >= 0.6 is 11.3 Å². The van der Waals surface area contributed by atoms with E-state index in [1.54, 1.807) is 6.92 Å². The Morgan fingerprint density at radius 1 is 1.21 bits per heavy atom. The highest BCUT2D eigenvalue weighted by Gasteiger charge is 2.21. The first kappa shape index (κ1) is 16.4. The van der Waals surface area contributed by atoms with Gasteiger partial charge in [-0.1, -0.05) is 18.2 Å². The van der Waals surface area contributed by atoms with E-state index in [9.17, 15) is 4.79 Å². The summed E-state index contributed by atoms with van der Waals surface area (Å²) in [4.78, 5) is 22.6. The van der Waals surface area contributed by atoms with Gasteiger partial charge in [0.15, 0.2) is 0 Å². The first-order valence-corrected chi connectivity index (χ1v) is 8.60. The van der Waals surface area contributed by atoms with E-state index in [-0.39, 0.29) is 5.97 Å². The van der Waals surface area contributed by atoms with Crippen molar-refractivity contribution in [3.8, 4) is 0 Å². The van der Waals surface area contributed by atoms with Gasteiger partial charge in [-0.2, -0.15) is 0 Å². The zero-order valence-electron chi connectivity index (χ0n) is 14.1. The second-order valence-electron chi connectivity index (χ2n) is 5.52. The first-order chi connectivity index (χ1) is 11.5. The molecule has 5 nitrogen and oxygen atoms in total. The quantitative estimate of drug-likeness (QED) is 0.706. The molecule has 0 amide bonds. The number of rotatable bonds is 4. The smallest absolute Gasteiger partial charge is 0.348 e. The number of fused-ring (bicyclic) bond motifs is 1. The Bertz CT molecular complexity index is 918. The van der Waals surface area contributed by atoms with Crippen molar-refractivity contribution in [1.82, 2.24) is 9.97 Å². The fraction of sp³-hybridized carbons (Fsp3) is 0.278. The molecule has 0 atom stereocenters. The molecular formula is C18H19N3O2S. The Morgan fingerprint density at radius 2 is 1.96 bits per heavy atom. The van der Waals surface area contributed by atoms with Gasteiger partial charge in [0.25, 0.3) is 0 Å². The predicted octanol–water partition coefficient (Wildman–Crippen LogP) is 4.54. The lowest BCUT2D eigenvalue weighted by atomic mass is 10.1. The number of para-hydroxylation sites is 1. The second-order valence-corrected chi connectivity index (χ2v) is 6.52. The van der Waals surface area contributed by atoms with Crippen LogP contribution in [-0.4, -0.2) is 22.5 Å². The van der Waals surface area contributed by atoms with Crippen LogP contribution in [0, 0.1) is 20.8 Å². The zero-order valence-corrected chi connectivity index (χ0v) is 15.0. The summed E-state index contributed by atoms with van der Waals surface area (Å²) in [6.45, 7) is 7.95. The molecule has 0 spiro atoms. The number of thiophene rings is 1. The third kappa shape index (κ3) is 2.97. The minimum absolute atomic E-state index is 0.308. The fourth-order valence-corrected chi connectivity index (χ4v) is 3.69. The summed E-state index contributed by atoms with van der Waals surface area (Å²) < 4.78 is 5.15. The molecule has 6 heteroatoms. The van der Waals surface area contributed by atoms with E-state index in [4.69, 9.17) is 4.74 Å². The predicted molar refractivity (Wildman–Crippen MR) is 97.3 cm³/mol. The van der Waals surface area contributed by atoms with Gasteiger partial charge in [0, 0.05) is 5.69 Å². The molecule has 0 saturated heterocycles. The number of anilines is 2. The van der Waals surface area contributed by atoms with Crippen molar-refractivity contribution in [2.24, 2.45) is 0 Å². The van der Waals surface area contributed by atoms with Crippen LogP contribution in [0.5, 0.6) is 0 Å². The number of aromatic nitrogens is 2. The molecular weight excluding hydrogens is 322 g/mol. The highest BCUT2D eigenvalue weighted by atomic mass is 32.1. The lowest BCUT2D eigenvalue weighted by Crippen LogP contribution is -2.04. The van der Waals surface area contributed by atoms with Crippen LogP contribution in [0.2, 0.25) is 0 Å². The molecule has 1 aromatic carbocycles.